The van der Waals surface area contributed by atoms with E-state index in [-0.39, 0.29) is 0 Å². The number of aromatic nitrogens is 4. The Morgan fingerprint density at radius 2 is 2.04 bits per heavy atom. The maximum Gasteiger partial charge on any atom is 0.171 e. The van der Waals surface area contributed by atoms with Gasteiger partial charge in [-0.25, -0.2) is 0 Å². The van der Waals surface area contributed by atoms with Crippen molar-refractivity contribution in [2.75, 3.05) is 11.9 Å². The first-order valence-corrected chi connectivity index (χ1v) is 9.62. The molecule has 3 rings (SSSR count). The maximum atomic E-state index is 6.02. The van der Waals surface area contributed by atoms with Crippen molar-refractivity contribution >= 4 is 34.7 Å². The predicted molar refractivity (Wildman–Crippen MR) is 113 cm³/mol. The van der Waals surface area contributed by atoms with E-state index in [1.54, 1.807) is 0 Å². The van der Waals surface area contributed by atoms with Gasteiger partial charge in [-0.15, -0.1) is 0 Å². The van der Waals surface area contributed by atoms with E-state index >= 15 is 0 Å². The van der Waals surface area contributed by atoms with Crippen LogP contribution in [0.3, 0.4) is 0 Å². The van der Waals surface area contributed by atoms with Crippen molar-refractivity contribution in [1.29, 1.82) is 0 Å². The molecule has 0 radical (unpaired) electrons. The standard InChI is InChI=1S/C19H23ClN6S/c1-14-11-15(2)26(23-14)9-4-8-21-19(27)22-18-7-10-25(24-18)13-16-5-3-6-17(20)12-16/h3,5-7,10-12H,4,8-9,13H2,1-2H3,(H2,21,22,24,27). The van der Waals surface area contributed by atoms with Crippen LogP contribution in [0.25, 0.3) is 0 Å². The first-order chi connectivity index (χ1) is 13.0. The Balaban J connectivity index is 1.42. The van der Waals surface area contributed by atoms with Crippen molar-refractivity contribution in [3.8, 4) is 0 Å². The highest BCUT2D eigenvalue weighted by molar-refractivity contribution is 7.80. The van der Waals surface area contributed by atoms with Crippen LogP contribution in [0.5, 0.6) is 0 Å². The summed E-state index contributed by atoms with van der Waals surface area (Å²) >= 11 is 11.4. The summed E-state index contributed by atoms with van der Waals surface area (Å²) in [5.41, 5.74) is 3.33. The Morgan fingerprint density at radius 1 is 1.19 bits per heavy atom. The van der Waals surface area contributed by atoms with Crippen LogP contribution in [-0.2, 0) is 13.1 Å². The third-order valence-electron chi connectivity index (χ3n) is 4.05. The predicted octanol–water partition coefficient (Wildman–Crippen LogP) is 3.77. The molecule has 0 aliphatic rings. The summed E-state index contributed by atoms with van der Waals surface area (Å²) in [4.78, 5) is 0. The topological polar surface area (TPSA) is 59.7 Å². The summed E-state index contributed by atoms with van der Waals surface area (Å²) in [7, 11) is 0. The molecule has 6 nitrogen and oxygen atoms in total. The number of nitrogens with zero attached hydrogens (tertiary/aromatic N) is 4. The number of halogens is 1. The van der Waals surface area contributed by atoms with E-state index in [0.717, 1.165) is 35.8 Å². The molecule has 0 atom stereocenters. The van der Waals surface area contributed by atoms with Gasteiger partial charge in [-0.3, -0.25) is 9.36 Å². The van der Waals surface area contributed by atoms with E-state index in [2.05, 4.69) is 33.8 Å². The lowest BCUT2D eigenvalue weighted by atomic mass is 10.2. The largest absolute Gasteiger partial charge is 0.362 e. The Bertz CT molecular complexity index is 917. The molecular weight excluding hydrogens is 380 g/mol. The molecule has 0 saturated carbocycles. The van der Waals surface area contributed by atoms with Crippen LogP contribution in [0.1, 0.15) is 23.4 Å². The van der Waals surface area contributed by atoms with E-state index < -0.39 is 0 Å². The van der Waals surface area contributed by atoms with Gasteiger partial charge in [0.25, 0.3) is 0 Å². The molecule has 27 heavy (non-hydrogen) atoms. The number of anilines is 1. The SMILES string of the molecule is Cc1cc(C)n(CCCNC(=S)Nc2ccn(Cc3cccc(Cl)c3)n2)n1. The van der Waals surface area contributed by atoms with Gasteiger partial charge in [-0.2, -0.15) is 10.2 Å². The maximum absolute atomic E-state index is 6.02. The van der Waals surface area contributed by atoms with Crippen molar-refractivity contribution in [2.45, 2.75) is 33.4 Å². The Labute approximate surface area is 169 Å². The van der Waals surface area contributed by atoms with Gasteiger partial charge in [0.15, 0.2) is 10.9 Å². The molecule has 8 heteroatoms. The molecule has 0 bridgehead atoms. The van der Waals surface area contributed by atoms with Gasteiger partial charge in [0.05, 0.1) is 12.2 Å². The van der Waals surface area contributed by atoms with Gasteiger partial charge < -0.3 is 10.6 Å². The summed E-state index contributed by atoms with van der Waals surface area (Å²) < 4.78 is 3.87. The number of hydrogen-bond acceptors (Lipinski definition) is 3. The molecule has 0 aliphatic heterocycles. The van der Waals surface area contributed by atoms with E-state index in [9.17, 15) is 0 Å². The van der Waals surface area contributed by atoms with Gasteiger partial charge in [0.1, 0.15) is 0 Å². The number of aryl methyl sites for hydroxylation is 3. The van der Waals surface area contributed by atoms with Crippen molar-refractivity contribution < 1.29 is 0 Å². The van der Waals surface area contributed by atoms with Crippen LogP contribution < -0.4 is 10.6 Å². The third-order valence-corrected chi connectivity index (χ3v) is 4.53. The lowest BCUT2D eigenvalue weighted by Gasteiger charge is -2.09. The number of rotatable bonds is 7. The van der Waals surface area contributed by atoms with Crippen LogP contribution in [0.4, 0.5) is 5.82 Å². The third kappa shape index (κ3) is 5.80. The van der Waals surface area contributed by atoms with Gasteiger partial charge in [-0.05, 0) is 56.2 Å². The first-order valence-electron chi connectivity index (χ1n) is 8.83. The van der Waals surface area contributed by atoms with E-state index in [1.807, 2.05) is 52.8 Å². The molecular formula is C19H23ClN6S. The molecule has 0 aliphatic carbocycles. The molecule has 1 aromatic carbocycles. The zero-order chi connectivity index (χ0) is 19.2. The average Bonchev–Trinajstić information content (AvgIpc) is 3.17. The normalized spacial score (nSPS) is 10.8. The average molecular weight is 403 g/mol. The molecule has 3 aromatic rings. The zero-order valence-electron chi connectivity index (χ0n) is 15.4. The molecule has 0 saturated heterocycles. The number of benzene rings is 1. The second-order valence-corrected chi connectivity index (χ2v) is 7.26. The van der Waals surface area contributed by atoms with Crippen LogP contribution >= 0.6 is 23.8 Å². The number of thiocarbonyl (C=S) groups is 1. The van der Waals surface area contributed by atoms with Crippen molar-refractivity contribution in [1.82, 2.24) is 24.9 Å². The number of nitrogens with one attached hydrogen (secondary N) is 2. The van der Waals surface area contributed by atoms with Crippen LogP contribution in [0.15, 0.2) is 42.6 Å². The quantitative estimate of drug-likeness (QED) is 0.465. The van der Waals surface area contributed by atoms with E-state index in [0.29, 0.717) is 17.5 Å². The first kappa shape index (κ1) is 19.4. The Kier molecular flexibility index (Phi) is 6.47. The number of hydrogen-bond donors (Lipinski definition) is 2. The highest BCUT2D eigenvalue weighted by Crippen LogP contribution is 2.12. The summed E-state index contributed by atoms with van der Waals surface area (Å²) in [6.07, 6.45) is 2.85. The van der Waals surface area contributed by atoms with Gasteiger partial charge in [0.2, 0.25) is 0 Å². The van der Waals surface area contributed by atoms with Crippen LogP contribution in [0.2, 0.25) is 5.02 Å². The second-order valence-electron chi connectivity index (χ2n) is 6.41. The molecule has 2 N–H and O–H groups in total. The molecule has 0 amide bonds. The lowest BCUT2D eigenvalue weighted by Crippen LogP contribution is -2.30. The minimum absolute atomic E-state index is 0.566. The summed E-state index contributed by atoms with van der Waals surface area (Å²) in [5.74, 6) is 0.716. The van der Waals surface area contributed by atoms with Gasteiger partial charge in [0, 0.05) is 36.1 Å². The molecule has 0 unspecified atom stereocenters. The van der Waals surface area contributed by atoms with Crippen LogP contribution in [-0.4, -0.2) is 31.2 Å². The summed E-state index contributed by atoms with van der Waals surface area (Å²) in [5, 5.41) is 16.6. The van der Waals surface area contributed by atoms with Gasteiger partial charge >= 0.3 is 0 Å². The molecule has 0 spiro atoms. The molecule has 2 aromatic heterocycles. The second kappa shape index (κ2) is 9.01. The molecule has 2 heterocycles. The smallest absolute Gasteiger partial charge is 0.171 e. The highest BCUT2D eigenvalue weighted by Gasteiger charge is 2.04. The highest BCUT2D eigenvalue weighted by atomic mass is 35.5. The van der Waals surface area contributed by atoms with E-state index in [4.69, 9.17) is 23.8 Å². The lowest BCUT2D eigenvalue weighted by molar-refractivity contribution is 0.558. The fourth-order valence-electron chi connectivity index (χ4n) is 2.83. The van der Waals surface area contributed by atoms with Crippen LogP contribution in [0, 0.1) is 13.8 Å². The van der Waals surface area contributed by atoms with Crippen molar-refractivity contribution in [3.63, 3.8) is 0 Å². The Hall–Kier alpha value is -2.38. The van der Waals surface area contributed by atoms with Crippen molar-refractivity contribution in [2.24, 2.45) is 0 Å². The fraction of sp³-hybridized carbons (Fsp3) is 0.316. The minimum Gasteiger partial charge on any atom is -0.362 e. The minimum atomic E-state index is 0.566. The monoisotopic (exact) mass is 402 g/mol. The zero-order valence-corrected chi connectivity index (χ0v) is 17.0. The molecule has 0 fully saturated rings. The summed E-state index contributed by atoms with van der Waals surface area (Å²) in [6.45, 7) is 6.37. The fourth-order valence-corrected chi connectivity index (χ4v) is 3.25. The summed E-state index contributed by atoms with van der Waals surface area (Å²) in [6, 6.07) is 11.7. The van der Waals surface area contributed by atoms with Gasteiger partial charge in [-0.1, -0.05) is 23.7 Å². The van der Waals surface area contributed by atoms with Crippen molar-refractivity contribution in [3.05, 3.63) is 64.6 Å². The van der Waals surface area contributed by atoms with E-state index in [1.165, 1.54) is 5.69 Å². The Morgan fingerprint density at radius 3 is 2.78 bits per heavy atom. The molecule has 142 valence electrons.